The standard InChI is InChI=1S/C16H14ClFN2O/c1-16(2)6-13-12(14(21)7-16)8-19-15(20-13)9-3-10(17)5-11(18)4-9/h3-5,8H,6-7H2,1-2H3. The first-order valence-corrected chi connectivity index (χ1v) is 7.07. The van der Waals surface area contributed by atoms with Crippen LogP contribution < -0.4 is 0 Å². The van der Waals surface area contributed by atoms with Crippen LogP contribution in [-0.2, 0) is 6.42 Å². The van der Waals surface area contributed by atoms with Crippen molar-refractivity contribution < 1.29 is 9.18 Å². The number of rotatable bonds is 1. The van der Waals surface area contributed by atoms with Gasteiger partial charge >= 0.3 is 0 Å². The molecular formula is C16H14ClFN2O. The molecule has 2 aromatic rings. The van der Waals surface area contributed by atoms with Crippen molar-refractivity contribution in [3.8, 4) is 11.4 Å². The first kappa shape index (κ1) is 14.1. The summed E-state index contributed by atoms with van der Waals surface area (Å²) >= 11 is 5.86. The molecular weight excluding hydrogens is 291 g/mol. The van der Waals surface area contributed by atoms with Gasteiger partial charge in [-0.1, -0.05) is 25.4 Å². The van der Waals surface area contributed by atoms with Crippen molar-refractivity contribution in [2.24, 2.45) is 5.41 Å². The number of hydrogen-bond acceptors (Lipinski definition) is 3. The van der Waals surface area contributed by atoms with Gasteiger partial charge in [-0.05, 0) is 30.0 Å². The highest BCUT2D eigenvalue weighted by atomic mass is 35.5. The number of carbonyl (C=O) groups excluding carboxylic acids is 1. The number of hydrogen-bond donors (Lipinski definition) is 0. The molecule has 1 aromatic heterocycles. The third-order valence-corrected chi connectivity index (χ3v) is 3.79. The van der Waals surface area contributed by atoms with Gasteiger partial charge in [0, 0.05) is 23.2 Å². The van der Waals surface area contributed by atoms with Crippen molar-refractivity contribution in [3.63, 3.8) is 0 Å². The Morgan fingerprint density at radius 2 is 2.00 bits per heavy atom. The molecule has 0 unspecified atom stereocenters. The molecule has 0 radical (unpaired) electrons. The number of ketones is 1. The molecule has 0 fully saturated rings. The summed E-state index contributed by atoms with van der Waals surface area (Å²) in [7, 11) is 0. The SMILES string of the molecule is CC1(C)CC(=O)c2cnc(-c3cc(F)cc(Cl)c3)nc2C1. The van der Waals surface area contributed by atoms with Crippen LogP contribution in [0.25, 0.3) is 11.4 Å². The minimum atomic E-state index is -0.435. The van der Waals surface area contributed by atoms with Crippen LogP contribution in [0.2, 0.25) is 5.02 Å². The van der Waals surface area contributed by atoms with Gasteiger partial charge in [0.25, 0.3) is 0 Å². The number of benzene rings is 1. The first-order chi connectivity index (χ1) is 9.84. The second-order valence-electron chi connectivity index (χ2n) is 6.15. The van der Waals surface area contributed by atoms with E-state index >= 15 is 0 Å². The lowest BCUT2D eigenvalue weighted by atomic mass is 9.76. The molecule has 1 aromatic carbocycles. The summed E-state index contributed by atoms with van der Waals surface area (Å²) < 4.78 is 13.4. The first-order valence-electron chi connectivity index (χ1n) is 6.70. The smallest absolute Gasteiger partial charge is 0.166 e. The summed E-state index contributed by atoms with van der Waals surface area (Å²) in [5, 5.41) is 0.294. The van der Waals surface area contributed by atoms with E-state index in [4.69, 9.17) is 11.6 Å². The van der Waals surface area contributed by atoms with Crippen LogP contribution in [0.3, 0.4) is 0 Å². The number of halogens is 2. The third kappa shape index (κ3) is 2.81. The Balaban J connectivity index is 2.09. The summed E-state index contributed by atoms with van der Waals surface area (Å²) in [6, 6.07) is 4.18. The van der Waals surface area contributed by atoms with Gasteiger partial charge in [-0.25, -0.2) is 14.4 Å². The minimum Gasteiger partial charge on any atom is -0.294 e. The highest BCUT2D eigenvalue weighted by Crippen LogP contribution is 2.34. The molecule has 0 amide bonds. The molecule has 0 aliphatic heterocycles. The van der Waals surface area contributed by atoms with Crippen molar-refractivity contribution in [3.05, 3.63) is 46.5 Å². The van der Waals surface area contributed by atoms with Crippen molar-refractivity contribution in [1.29, 1.82) is 0 Å². The van der Waals surface area contributed by atoms with Crippen molar-refractivity contribution >= 4 is 17.4 Å². The average molecular weight is 305 g/mol. The van der Waals surface area contributed by atoms with Crippen molar-refractivity contribution in [1.82, 2.24) is 9.97 Å². The topological polar surface area (TPSA) is 42.9 Å². The van der Waals surface area contributed by atoms with E-state index < -0.39 is 5.82 Å². The Morgan fingerprint density at radius 1 is 1.24 bits per heavy atom. The quantitative estimate of drug-likeness (QED) is 0.797. The lowest BCUT2D eigenvalue weighted by molar-refractivity contribution is 0.0910. The molecule has 0 N–H and O–H groups in total. The highest BCUT2D eigenvalue weighted by molar-refractivity contribution is 6.30. The van der Waals surface area contributed by atoms with Crippen molar-refractivity contribution in [2.75, 3.05) is 0 Å². The molecule has 3 rings (SSSR count). The number of Topliss-reactive ketones (excluding diaryl/α,β-unsaturated/α-hetero) is 1. The van der Waals surface area contributed by atoms with Gasteiger partial charge in [0.2, 0.25) is 0 Å². The molecule has 1 aliphatic rings. The zero-order valence-electron chi connectivity index (χ0n) is 11.8. The summed E-state index contributed by atoms with van der Waals surface area (Å²) in [6.07, 6.45) is 2.73. The lowest BCUT2D eigenvalue weighted by Gasteiger charge is -2.29. The summed E-state index contributed by atoms with van der Waals surface area (Å²) in [5.41, 5.74) is 1.69. The number of nitrogens with zero attached hydrogens (tertiary/aromatic N) is 2. The van der Waals surface area contributed by atoms with E-state index in [1.165, 1.54) is 18.3 Å². The van der Waals surface area contributed by atoms with Crippen LogP contribution in [0, 0.1) is 11.2 Å². The maximum absolute atomic E-state index is 13.4. The monoisotopic (exact) mass is 304 g/mol. The van der Waals surface area contributed by atoms with E-state index in [2.05, 4.69) is 9.97 Å². The number of fused-ring (bicyclic) bond motifs is 1. The predicted molar refractivity (Wildman–Crippen MR) is 78.9 cm³/mol. The molecule has 3 nitrogen and oxygen atoms in total. The summed E-state index contributed by atoms with van der Waals surface area (Å²) in [4.78, 5) is 20.7. The molecule has 21 heavy (non-hydrogen) atoms. The molecule has 0 bridgehead atoms. The van der Waals surface area contributed by atoms with Crippen LogP contribution in [0.15, 0.2) is 24.4 Å². The van der Waals surface area contributed by atoms with Crippen LogP contribution >= 0.6 is 11.6 Å². The average Bonchev–Trinajstić information content (AvgIpc) is 2.35. The van der Waals surface area contributed by atoms with Gasteiger partial charge in [0.1, 0.15) is 5.82 Å². The molecule has 0 atom stereocenters. The third-order valence-electron chi connectivity index (χ3n) is 3.57. The van der Waals surface area contributed by atoms with Crippen LogP contribution in [-0.4, -0.2) is 15.8 Å². The zero-order valence-corrected chi connectivity index (χ0v) is 12.5. The Morgan fingerprint density at radius 3 is 2.71 bits per heavy atom. The lowest BCUT2D eigenvalue weighted by Crippen LogP contribution is -2.28. The van der Waals surface area contributed by atoms with E-state index in [1.807, 2.05) is 13.8 Å². The van der Waals surface area contributed by atoms with Gasteiger partial charge in [-0.2, -0.15) is 0 Å². The van der Waals surface area contributed by atoms with Gasteiger partial charge in [-0.3, -0.25) is 4.79 Å². The maximum Gasteiger partial charge on any atom is 0.166 e. The van der Waals surface area contributed by atoms with E-state index in [9.17, 15) is 9.18 Å². The molecule has 0 saturated heterocycles. The van der Waals surface area contributed by atoms with Gasteiger partial charge in [0.05, 0.1) is 11.3 Å². The van der Waals surface area contributed by atoms with Crippen molar-refractivity contribution in [2.45, 2.75) is 26.7 Å². The predicted octanol–water partition coefficient (Wildman–Crippen LogP) is 4.09. The fraction of sp³-hybridized carbons (Fsp3) is 0.312. The van der Waals surface area contributed by atoms with E-state index in [0.29, 0.717) is 34.8 Å². The second-order valence-corrected chi connectivity index (χ2v) is 6.59. The minimum absolute atomic E-state index is 0.0603. The second kappa shape index (κ2) is 4.88. The Hall–Kier alpha value is -1.81. The van der Waals surface area contributed by atoms with Crippen LogP contribution in [0.1, 0.15) is 36.3 Å². The van der Waals surface area contributed by atoms with Gasteiger partial charge < -0.3 is 0 Å². The normalized spacial score (nSPS) is 16.7. The highest BCUT2D eigenvalue weighted by Gasteiger charge is 2.32. The molecule has 0 saturated carbocycles. The Labute approximate surface area is 127 Å². The molecule has 108 valence electrons. The fourth-order valence-corrected chi connectivity index (χ4v) is 2.87. The number of aromatic nitrogens is 2. The largest absolute Gasteiger partial charge is 0.294 e. The number of carbonyl (C=O) groups is 1. The zero-order chi connectivity index (χ0) is 15.2. The Kier molecular flexibility index (Phi) is 3.29. The van der Waals surface area contributed by atoms with E-state index in [1.54, 1.807) is 6.07 Å². The van der Waals surface area contributed by atoms with Crippen LogP contribution in [0.4, 0.5) is 4.39 Å². The van der Waals surface area contributed by atoms with Gasteiger partial charge in [-0.15, -0.1) is 0 Å². The summed E-state index contributed by atoms with van der Waals surface area (Å²) in [5.74, 6) is 0.0148. The maximum atomic E-state index is 13.4. The molecule has 1 aliphatic carbocycles. The fourth-order valence-electron chi connectivity index (χ4n) is 2.65. The van der Waals surface area contributed by atoms with Crippen LogP contribution in [0.5, 0.6) is 0 Å². The molecule has 0 spiro atoms. The molecule has 1 heterocycles. The van der Waals surface area contributed by atoms with Gasteiger partial charge in [0.15, 0.2) is 11.6 Å². The summed E-state index contributed by atoms with van der Waals surface area (Å²) in [6.45, 7) is 4.07. The Bertz CT molecular complexity index is 723. The van der Waals surface area contributed by atoms with E-state index in [0.717, 1.165) is 5.69 Å². The molecule has 5 heteroatoms. The van der Waals surface area contributed by atoms with E-state index in [-0.39, 0.29) is 11.2 Å².